The molecule has 1 rings (SSSR count). The van der Waals surface area contributed by atoms with Gasteiger partial charge in [0.1, 0.15) is 6.17 Å². The van der Waals surface area contributed by atoms with E-state index >= 15 is 0 Å². The van der Waals surface area contributed by atoms with Crippen molar-refractivity contribution in [2.45, 2.75) is 239 Å². The van der Waals surface area contributed by atoms with E-state index < -0.39 is 0 Å². The SMILES string of the molecule is CCCCCCCCCCCCCCCCCCN1C=CN(CCCCCCCCCCC)C1CCCCCCCCC. The summed E-state index contributed by atoms with van der Waals surface area (Å²) in [6, 6.07) is 0. The first-order valence-corrected chi connectivity index (χ1v) is 20.5. The van der Waals surface area contributed by atoms with Gasteiger partial charge in [0.25, 0.3) is 0 Å². The zero-order valence-corrected chi connectivity index (χ0v) is 30.4. The number of nitrogens with zero attached hydrogens (tertiary/aromatic N) is 2. The lowest BCUT2D eigenvalue weighted by atomic mass is 10.0. The summed E-state index contributed by atoms with van der Waals surface area (Å²) < 4.78 is 0. The molecule has 0 spiro atoms. The summed E-state index contributed by atoms with van der Waals surface area (Å²) in [5.74, 6) is 0. The van der Waals surface area contributed by atoms with Gasteiger partial charge in [-0.3, -0.25) is 0 Å². The van der Waals surface area contributed by atoms with Crippen LogP contribution in [0.4, 0.5) is 0 Å². The van der Waals surface area contributed by atoms with Gasteiger partial charge in [-0.05, 0) is 25.7 Å². The highest BCUT2D eigenvalue weighted by Crippen LogP contribution is 2.24. The summed E-state index contributed by atoms with van der Waals surface area (Å²) in [4.78, 5) is 5.43. The summed E-state index contributed by atoms with van der Waals surface area (Å²) in [7, 11) is 0. The lowest BCUT2D eigenvalue weighted by Crippen LogP contribution is -2.39. The maximum Gasteiger partial charge on any atom is 0.101 e. The topological polar surface area (TPSA) is 6.48 Å². The molecule has 0 radical (unpaired) electrons. The fourth-order valence-electron chi connectivity index (χ4n) is 7.07. The lowest BCUT2D eigenvalue weighted by molar-refractivity contribution is 0.135. The van der Waals surface area contributed by atoms with E-state index in [1.165, 1.54) is 225 Å². The van der Waals surface area contributed by atoms with Crippen LogP contribution in [0.1, 0.15) is 233 Å². The molecule has 0 amide bonds. The van der Waals surface area contributed by atoms with Crippen LogP contribution in [0, 0.1) is 0 Å². The minimum Gasteiger partial charge on any atom is -0.356 e. The van der Waals surface area contributed by atoms with Gasteiger partial charge in [0.2, 0.25) is 0 Å². The standard InChI is InChI=1S/C41H82N2/c1-4-7-10-13-16-18-19-20-21-22-23-24-26-29-32-35-38-43-40-39-42(37-34-31-28-25-17-14-11-8-5-2)41(43)36-33-30-27-15-12-9-6-3/h39-41H,4-38H2,1-3H3. The molecule has 0 aromatic rings. The Morgan fingerprint density at radius 3 is 0.814 bits per heavy atom. The van der Waals surface area contributed by atoms with E-state index in [1.54, 1.807) is 0 Å². The Hall–Kier alpha value is -0.660. The highest BCUT2D eigenvalue weighted by atomic mass is 15.4. The van der Waals surface area contributed by atoms with Crippen molar-refractivity contribution in [2.24, 2.45) is 0 Å². The third kappa shape index (κ3) is 25.2. The van der Waals surface area contributed by atoms with E-state index in [1.807, 2.05) is 0 Å². The average Bonchev–Trinajstić information content (AvgIpc) is 3.40. The van der Waals surface area contributed by atoms with E-state index in [2.05, 4.69) is 43.0 Å². The largest absolute Gasteiger partial charge is 0.356 e. The molecule has 0 saturated carbocycles. The molecular weight excluding hydrogens is 520 g/mol. The van der Waals surface area contributed by atoms with Crippen LogP contribution in [-0.4, -0.2) is 29.1 Å². The minimum atomic E-state index is 0.640. The van der Waals surface area contributed by atoms with Crippen LogP contribution in [0.25, 0.3) is 0 Å². The van der Waals surface area contributed by atoms with E-state index in [9.17, 15) is 0 Å². The molecule has 0 aromatic carbocycles. The van der Waals surface area contributed by atoms with Crippen LogP contribution in [0.15, 0.2) is 12.4 Å². The maximum atomic E-state index is 2.72. The first kappa shape index (κ1) is 40.4. The van der Waals surface area contributed by atoms with Crippen molar-refractivity contribution in [1.82, 2.24) is 9.80 Å². The van der Waals surface area contributed by atoms with Gasteiger partial charge in [0, 0.05) is 25.5 Å². The van der Waals surface area contributed by atoms with Gasteiger partial charge >= 0.3 is 0 Å². The summed E-state index contributed by atoms with van der Waals surface area (Å²) in [5, 5.41) is 0. The summed E-state index contributed by atoms with van der Waals surface area (Å²) in [5.41, 5.74) is 0. The predicted molar refractivity (Wildman–Crippen MR) is 196 cm³/mol. The molecule has 1 atom stereocenters. The zero-order chi connectivity index (χ0) is 30.9. The van der Waals surface area contributed by atoms with Gasteiger partial charge < -0.3 is 9.80 Å². The van der Waals surface area contributed by atoms with E-state index in [0.29, 0.717) is 6.17 Å². The van der Waals surface area contributed by atoms with E-state index in [0.717, 1.165) is 0 Å². The monoisotopic (exact) mass is 603 g/mol. The zero-order valence-electron chi connectivity index (χ0n) is 30.4. The summed E-state index contributed by atoms with van der Waals surface area (Å²) in [6.07, 6.45) is 52.9. The molecule has 0 fully saturated rings. The fraction of sp³-hybridized carbons (Fsp3) is 0.951. The lowest BCUT2D eigenvalue weighted by Gasteiger charge is -2.33. The normalized spacial score (nSPS) is 14.9. The highest BCUT2D eigenvalue weighted by molar-refractivity contribution is 4.97. The first-order valence-electron chi connectivity index (χ1n) is 20.5. The number of rotatable bonds is 35. The van der Waals surface area contributed by atoms with Crippen molar-refractivity contribution in [2.75, 3.05) is 13.1 Å². The molecule has 2 heteroatoms. The van der Waals surface area contributed by atoms with Gasteiger partial charge in [0.05, 0.1) is 0 Å². The molecule has 0 N–H and O–H groups in total. The van der Waals surface area contributed by atoms with Crippen LogP contribution in [-0.2, 0) is 0 Å². The van der Waals surface area contributed by atoms with Crippen LogP contribution in [0.3, 0.4) is 0 Å². The van der Waals surface area contributed by atoms with Crippen molar-refractivity contribution in [1.29, 1.82) is 0 Å². The second-order valence-electron chi connectivity index (χ2n) is 14.3. The number of unbranched alkanes of at least 4 members (excludes halogenated alkanes) is 29. The molecule has 2 nitrogen and oxygen atoms in total. The van der Waals surface area contributed by atoms with Gasteiger partial charge in [0.15, 0.2) is 0 Å². The molecular formula is C41H82N2. The van der Waals surface area contributed by atoms with Gasteiger partial charge in [-0.25, -0.2) is 0 Å². The molecule has 0 aliphatic carbocycles. The number of hydrogen-bond donors (Lipinski definition) is 0. The molecule has 1 aliphatic rings. The molecule has 1 aliphatic heterocycles. The second-order valence-corrected chi connectivity index (χ2v) is 14.3. The molecule has 0 aromatic heterocycles. The minimum absolute atomic E-state index is 0.640. The van der Waals surface area contributed by atoms with Crippen molar-refractivity contribution in [3.8, 4) is 0 Å². The molecule has 43 heavy (non-hydrogen) atoms. The molecule has 0 saturated heterocycles. The fourth-order valence-corrected chi connectivity index (χ4v) is 7.07. The maximum absolute atomic E-state index is 2.72. The van der Waals surface area contributed by atoms with Crippen LogP contribution in [0.5, 0.6) is 0 Å². The van der Waals surface area contributed by atoms with E-state index in [-0.39, 0.29) is 0 Å². The Morgan fingerprint density at radius 1 is 0.302 bits per heavy atom. The molecule has 1 unspecified atom stereocenters. The Bertz CT molecular complexity index is 558. The van der Waals surface area contributed by atoms with Crippen LogP contribution < -0.4 is 0 Å². The molecule has 256 valence electrons. The Kier molecular flexibility index (Phi) is 30.7. The smallest absolute Gasteiger partial charge is 0.101 e. The molecule has 1 heterocycles. The average molecular weight is 603 g/mol. The Morgan fingerprint density at radius 2 is 0.535 bits per heavy atom. The van der Waals surface area contributed by atoms with Gasteiger partial charge in [-0.15, -0.1) is 0 Å². The van der Waals surface area contributed by atoms with Crippen molar-refractivity contribution >= 4 is 0 Å². The van der Waals surface area contributed by atoms with Gasteiger partial charge in [-0.1, -0.05) is 207 Å². The second kappa shape index (κ2) is 32.7. The Balaban J connectivity index is 2.14. The predicted octanol–water partition coefficient (Wildman–Crippen LogP) is 14.3. The quantitative estimate of drug-likeness (QED) is 0.0666. The van der Waals surface area contributed by atoms with Gasteiger partial charge in [-0.2, -0.15) is 0 Å². The van der Waals surface area contributed by atoms with Crippen molar-refractivity contribution in [3.05, 3.63) is 12.4 Å². The third-order valence-electron chi connectivity index (χ3n) is 10.1. The Labute approximate surface area is 273 Å². The summed E-state index contributed by atoms with van der Waals surface area (Å²) >= 11 is 0. The highest BCUT2D eigenvalue weighted by Gasteiger charge is 2.24. The number of hydrogen-bond acceptors (Lipinski definition) is 2. The van der Waals surface area contributed by atoms with E-state index in [4.69, 9.17) is 0 Å². The van der Waals surface area contributed by atoms with Crippen LogP contribution >= 0.6 is 0 Å². The summed E-state index contributed by atoms with van der Waals surface area (Å²) in [6.45, 7) is 9.48. The first-order chi connectivity index (χ1) is 21.3. The molecule has 0 bridgehead atoms. The van der Waals surface area contributed by atoms with Crippen molar-refractivity contribution < 1.29 is 0 Å². The van der Waals surface area contributed by atoms with Crippen LogP contribution in [0.2, 0.25) is 0 Å². The van der Waals surface area contributed by atoms with Crippen molar-refractivity contribution in [3.63, 3.8) is 0 Å². The third-order valence-corrected chi connectivity index (χ3v) is 10.1.